The topological polar surface area (TPSA) is 56.2 Å². The zero-order valence-electron chi connectivity index (χ0n) is 16.4. The Bertz CT molecular complexity index is 991. The number of carbonyl (C=O) groups is 1. The minimum atomic E-state index is -0.677. The molecule has 1 saturated heterocycles. The molecular formula is C23H24ClN3O2. The van der Waals surface area contributed by atoms with E-state index in [0.29, 0.717) is 31.1 Å². The molecule has 0 saturated carbocycles. The molecule has 1 aliphatic heterocycles. The van der Waals surface area contributed by atoms with E-state index in [1.807, 2.05) is 61.7 Å². The second-order valence-electron chi connectivity index (χ2n) is 7.43. The van der Waals surface area contributed by atoms with Gasteiger partial charge in [-0.25, -0.2) is 4.98 Å². The molecule has 1 fully saturated rings. The van der Waals surface area contributed by atoms with Gasteiger partial charge in [0, 0.05) is 42.9 Å². The van der Waals surface area contributed by atoms with E-state index in [9.17, 15) is 4.79 Å². The van der Waals surface area contributed by atoms with Crippen LogP contribution in [0.3, 0.4) is 0 Å². The summed E-state index contributed by atoms with van der Waals surface area (Å²) in [7, 11) is 0. The van der Waals surface area contributed by atoms with E-state index in [0.717, 1.165) is 29.2 Å². The molecule has 1 aliphatic rings. The monoisotopic (exact) mass is 409 g/mol. The molecule has 0 spiro atoms. The van der Waals surface area contributed by atoms with E-state index in [2.05, 4.69) is 14.9 Å². The van der Waals surface area contributed by atoms with Gasteiger partial charge in [-0.15, -0.1) is 0 Å². The fourth-order valence-corrected chi connectivity index (χ4v) is 4.22. The largest absolute Gasteiger partial charge is 0.381 e. The van der Waals surface area contributed by atoms with Crippen molar-refractivity contribution in [3.63, 3.8) is 0 Å². The number of imidazole rings is 1. The molecule has 0 bridgehead atoms. The number of anilines is 1. The summed E-state index contributed by atoms with van der Waals surface area (Å²) >= 11 is 6.47. The van der Waals surface area contributed by atoms with Crippen LogP contribution in [0.1, 0.15) is 29.8 Å². The SMILES string of the molecule is Cc1nccn1Cc1ccc(NC(=O)C2(c3ccccc3Cl)CCOCC2)cc1. The molecule has 6 heteroatoms. The number of nitrogens with zero attached hydrogens (tertiary/aromatic N) is 2. The number of nitrogens with one attached hydrogen (secondary N) is 1. The van der Waals surface area contributed by atoms with Gasteiger partial charge in [0.2, 0.25) is 5.91 Å². The Hall–Kier alpha value is -2.63. The highest BCUT2D eigenvalue weighted by Crippen LogP contribution is 2.39. The summed E-state index contributed by atoms with van der Waals surface area (Å²) in [5, 5.41) is 3.72. The third-order valence-electron chi connectivity index (χ3n) is 5.66. The Morgan fingerprint density at radius 2 is 1.90 bits per heavy atom. The first kappa shape index (κ1) is 19.7. The molecule has 0 unspecified atom stereocenters. The molecule has 0 radical (unpaired) electrons. The summed E-state index contributed by atoms with van der Waals surface area (Å²) in [6.07, 6.45) is 4.98. The highest BCUT2D eigenvalue weighted by molar-refractivity contribution is 6.31. The number of aryl methyl sites for hydroxylation is 1. The smallest absolute Gasteiger partial charge is 0.235 e. The van der Waals surface area contributed by atoms with Gasteiger partial charge >= 0.3 is 0 Å². The van der Waals surface area contributed by atoms with Crippen LogP contribution in [-0.4, -0.2) is 28.7 Å². The van der Waals surface area contributed by atoms with Gasteiger partial charge in [-0.05, 0) is 49.1 Å². The summed E-state index contributed by atoms with van der Waals surface area (Å²) in [6, 6.07) is 15.6. The fourth-order valence-electron chi connectivity index (χ4n) is 3.90. The van der Waals surface area contributed by atoms with Crippen LogP contribution >= 0.6 is 11.6 Å². The predicted octanol–water partition coefficient (Wildman–Crippen LogP) is 4.58. The number of ether oxygens (including phenoxy) is 1. The van der Waals surface area contributed by atoms with Crippen LogP contribution < -0.4 is 5.32 Å². The predicted molar refractivity (Wildman–Crippen MR) is 114 cm³/mol. The maximum absolute atomic E-state index is 13.4. The Labute approximate surface area is 175 Å². The Balaban J connectivity index is 1.53. The van der Waals surface area contributed by atoms with E-state index in [-0.39, 0.29) is 5.91 Å². The van der Waals surface area contributed by atoms with E-state index in [4.69, 9.17) is 16.3 Å². The van der Waals surface area contributed by atoms with Crippen molar-refractivity contribution < 1.29 is 9.53 Å². The van der Waals surface area contributed by atoms with Gasteiger partial charge in [0.15, 0.2) is 0 Å². The van der Waals surface area contributed by atoms with Crippen LogP contribution in [0.15, 0.2) is 60.9 Å². The van der Waals surface area contributed by atoms with Crippen molar-refractivity contribution in [3.8, 4) is 0 Å². The zero-order valence-corrected chi connectivity index (χ0v) is 17.2. The zero-order chi connectivity index (χ0) is 20.3. The normalized spacial score (nSPS) is 15.8. The van der Waals surface area contributed by atoms with Crippen molar-refractivity contribution >= 4 is 23.2 Å². The Morgan fingerprint density at radius 3 is 2.55 bits per heavy atom. The highest BCUT2D eigenvalue weighted by atomic mass is 35.5. The van der Waals surface area contributed by atoms with E-state index in [1.165, 1.54) is 0 Å². The molecule has 0 atom stereocenters. The van der Waals surface area contributed by atoms with Crippen LogP contribution in [-0.2, 0) is 21.5 Å². The van der Waals surface area contributed by atoms with Crippen LogP contribution in [0.2, 0.25) is 5.02 Å². The van der Waals surface area contributed by atoms with E-state index >= 15 is 0 Å². The first-order valence-electron chi connectivity index (χ1n) is 9.79. The maximum atomic E-state index is 13.4. The van der Waals surface area contributed by atoms with Gasteiger partial charge in [0.25, 0.3) is 0 Å². The number of hydrogen-bond donors (Lipinski definition) is 1. The van der Waals surface area contributed by atoms with Gasteiger partial charge in [-0.2, -0.15) is 0 Å². The van der Waals surface area contributed by atoms with Gasteiger partial charge in [-0.3, -0.25) is 4.79 Å². The molecule has 5 nitrogen and oxygen atoms in total. The average molecular weight is 410 g/mol. The number of benzene rings is 2. The number of carbonyl (C=O) groups excluding carboxylic acids is 1. The van der Waals surface area contributed by atoms with Crippen LogP contribution in [0.4, 0.5) is 5.69 Å². The van der Waals surface area contributed by atoms with Crippen molar-refractivity contribution in [1.82, 2.24) is 9.55 Å². The third kappa shape index (κ3) is 4.07. The van der Waals surface area contributed by atoms with Gasteiger partial charge in [-0.1, -0.05) is 41.9 Å². The fraction of sp³-hybridized carbons (Fsp3) is 0.304. The molecule has 2 heterocycles. The summed E-state index contributed by atoms with van der Waals surface area (Å²) in [5.74, 6) is 0.940. The minimum absolute atomic E-state index is 0.0351. The van der Waals surface area contributed by atoms with Gasteiger partial charge in [0.05, 0.1) is 5.41 Å². The number of rotatable bonds is 5. The number of halogens is 1. The summed E-state index contributed by atoms with van der Waals surface area (Å²) in [6.45, 7) is 3.82. The van der Waals surface area contributed by atoms with Crippen molar-refractivity contribution in [2.75, 3.05) is 18.5 Å². The molecule has 1 aromatic heterocycles. The van der Waals surface area contributed by atoms with Crippen molar-refractivity contribution in [2.24, 2.45) is 0 Å². The van der Waals surface area contributed by atoms with E-state index in [1.54, 1.807) is 6.20 Å². The average Bonchev–Trinajstić information content (AvgIpc) is 3.14. The lowest BCUT2D eigenvalue weighted by atomic mass is 9.73. The summed E-state index contributed by atoms with van der Waals surface area (Å²) in [4.78, 5) is 17.6. The van der Waals surface area contributed by atoms with Crippen LogP contribution in [0.25, 0.3) is 0 Å². The van der Waals surface area contributed by atoms with Crippen LogP contribution in [0, 0.1) is 6.92 Å². The molecule has 3 aromatic rings. The molecule has 2 aromatic carbocycles. The lowest BCUT2D eigenvalue weighted by molar-refractivity contribution is -0.125. The van der Waals surface area contributed by atoms with E-state index < -0.39 is 5.41 Å². The highest BCUT2D eigenvalue weighted by Gasteiger charge is 2.43. The number of hydrogen-bond acceptors (Lipinski definition) is 3. The summed E-state index contributed by atoms with van der Waals surface area (Å²) in [5.41, 5.74) is 2.12. The first-order chi connectivity index (χ1) is 14.1. The summed E-state index contributed by atoms with van der Waals surface area (Å²) < 4.78 is 7.62. The standard InChI is InChI=1S/C23H24ClN3O2/c1-17-25-12-13-27(17)16-18-6-8-19(9-7-18)26-22(28)23(10-14-29-15-11-23)20-4-2-3-5-21(20)24/h2-9,12-13H,10-11,14-16H2,1H3,(H,26,28). The minimum Gasteiger partial charge on any atom is -0.381 e. The quantitative estimate of drug-likeness (QED) is 0.671. The number of amides is 1. The Kier molecular flexibility index (Phi) is 5.69. The van der Waals surface area contributed by atoms with Crippen LogP contribution in [0.5, 0.6) is 0 Å². The second kappa shape index (κ2) is 8.39. The maximum Gasteiger partial charge on any atom is 0.235 e. The van der Waals surface area contributed by atoms with Gasteiger partial charge < -0.3 is 14.6 Å². The molecule has 4 rings (SSSR count). The molecule has 1 N–H and O–H groups in total. The molecule has 0 aliphatic carbocycles. The number of aromatic nitrogens is 2. The first-order valence-corrected chi connectivity index (χ1v) is 10.2. The lowest BCUT2D eigenvalue weighted by Crippen LogP contribution is -2.45. The molecular weight excluding hydrogens is 386 g/mol. The third-order valence-corrected chi connectivity index (χ3v) is 5.99. The Morgan fingerprint density at radius 1 is 1.17 bits per heavy atom. The van der Waals surface area contributed by atoms with Crippen molar-refractivity contribution in [1.29, 1.82) is 0 Å². The second-order valence-corrected chi connectivity index (χ2v) is 7.83. The molecule has 29 heavy (non-hydrogen) atoms. The van der Waals surface area contributed by atoms with Crippen molar-refractivity contribution in [2.45, 2.75) is 31.7 Å². The van der Waals surface area contributed by atoms with Crippen molar-refractivity contribution in [3.05, 3.63) is 82.9 Å². The molecule has 150 valence electrons. The lowest BCUT2D eigenvalue weighted by Gasteiger charge is -2.36. The molecule has 1 amide bonds. The van der Waals surface area contributed by atoms with Gasteiger partial charge in [0.1, 0.15) is 5.82 Å².